The topological polar surface area (TPSA) is 237 Å². The fourth-order valence-electron chi connectivity index (χ4n) is 11.2. The standard InChI is InChI=1S/C73H142O17P2/c1-5-9-13-17-21-24-27-29-31-33-35-37-39-41-44-48-52-56-60-73(78)90-69(64-84-71(76)58-54-50-46-43-40-38-36-34-32-30-28-25-22-18-14-10-6-2)66-88-92(81,82)86-62-67(74)61-85-91(79,80)87-65-68(63-83-70(75)57-53-49-45-20-16-12-8-4)89-72(77)59-55-51-47-42-26-23-19-15-11-7-3/h67-69,74H,5-66H2,1-4H3,(H,79,80)(H,81,82)/t67-,68+,69+/m0/s1. The number of rotatable bonds is 74. The molecule has 0 bridgehead atoms. The van der Waals surface area contributed by atoms with Crippen LogP contribution in [0.2, 0.25) is 0 Å². The summed E-state index contributed by atoms with van der Waals surface area (Å²) < 4.78 is 68.3. The second kappa shape index (κ2) is 67.6. The summed E-state index contributed by atoms with van der Waals surface area (Å²) in [5.74, 6) is -2.12. The Hall–Kier alpha value is -1.94. The molecular formula is C73H142O17P2. The molecule has 0 amide bonds. The van der Waals surface area contributed by atoms with Crippen molar-refractivity contribution in [2.45, 2.75) is 406 Å². The van der Waals surface area contributed by atoms with Crippen LogP contribution in [0.25, 0.3) is 0 Å². The van der Waals surface area contributed by atoms with E-state index in [1.54, 1.807) is 0 Å². The number of ether oxygens (including phenoxy) is 4. The van der Waals surface area contributed by atoms with Crippen molar-refractivity contribution >= 4 is 39.5 Å². The number of aliphatic hydroxyl groups excluding tert-OH is 1. The first kappa shape index (κ1) is 90.1. The molecule has 0 saturated heterocycles. The molecule has 546 valence electrons. The van der Waals surface area contributed by atoms with Gasteiger partial charge in [-0.05, 0) is 25.7 Å². The number of aliphatic hydroxyl groups is 1. The first-order valence-corrected chi connectivity index (χ1v) is 41.3. The van der Waals surface area contributed by atoms with E-state index in [0.717, 1.165) is 103 Å². The number of esters is 4. The van der Waals surface area contributed by atoms with Crippen molar-refractivity contribution in [1.82, 2.24) is 0 Å². The van der Waals surface area contributed by atoms with Gasteiger partial charge in [0, 0.05) is 25.7 Å². The summed E-state index contributed by atoms with van der Waals surface area (Å²) in [7, 11) is -9.90. The summed E-state index contributed by atoms with van der Waals surface area (Å²) in [4.78, 5) is 72.5. The third-order valence-electron chi connectivity index (χ3n) is 17.1. The maximum Gasteiger partial charge on any atom is 0.472 e. The van der Waals surface area contributed by atoms with Gasteiger partial charge in [0.25, 0.3) is 0 Å². The number of carbonyl (C=O) groups excluding carboxylic acids is 4. The molecule has 0 aromatic heterocycles. The summed E-state index contributed by atoms with van der Waals surface area (Å²) in [6.45, 7) is 4.92. The molecule has 0 aliphatic heterocycles. The van der Waals surface area contributed by atoms with Gasteiger partial charge in [-0.25, -0.2) is 9.13 Å². The van der Waals surface area contributed by atoms with Gasteiger partial charge in [-0.3, -0.25) is 37.3 Å². The van der Waals surface area contributed by atoms with Crippen molar-refractivity contribution in [3.63, 3.8) is 0 Å². The van der Waals surface area contributed by atoms with Crippen molar-refractivity contribution in [2.24, 2.45) is 0 Å². The van der Waals surface area contributed by atoms with Crippen LogP contribution in [0.15, 0.2) is 0 Å². The summed E-state index contributed by atoms with van der Waals surface area (Å²) in [6, 6.07) is 0. The Morgan fingerprint density at radius 3 is 0.641 bits per heavy atom. The lowest BCUT2D eigenvalue weighted by molar-refractivity contribution is -0.161. The number of hydrogen-bond donors (Lipinski definition) is 3. The number of carbonyl (C=O) groups is 4. The zero-order valence-corrected chi connectivity index (χ0v) is 61.3. The van der Waals surface area contributed by atoms with Crippen molar-refractivity contribution in [3.05, 3.63) is 0 Å². The molecule has 0 spiro atoms. The molecule has 2 unspecified atom stereocenters. The minimum Gasteiger partial charge on any atom is -0.462 e. The van der Waals surface area contributed by atoms with Crippen LogP contribution in [0.3, 0.4) is 0 Å². The predicted octanol–water partition coefficient (Wildman–Crippen LogP) is 21.4. The summed E-state index contributed by atoms with van der Waals surface area (Å²) in [6.07, 6.45) is 57.0. The van der Waals surface area contributed by atoms with Crippen LogP contribution in [0, 0.1) is 0 Å². The SMILES string of the molecule is CCCCCCCCCCCCCCCCCCCCC(=O)O[C@H](COC(=O)CCCCCCCCCCCCCCCCCCC)COP(=O)(O)OC[C@@H](O)COP(=O)(O)OC[C@@H](COC(=O)CCCCCCCCC)OC(=O)CCCCCCCCCCCC. The fourth-order valence-corrected chi connectivity index (χ4v) is 12.8. The fraction of sp³-hybridized carbons (Fsp3) is 0.945. The van der Waals surface area contributed by atoms with E-state index in [1.165, 1.54) is 205 Å². The molecule has 0 rings (SSSR count). The predicted molar refractivity (Wildman–Crippen MR) is 372 cm³/mol. The van der Waals surface area contributed by atoms with Gasteiger partial charge in [0.15, 0.2) is 12.2 Å². The molecule has 3 N–H and O–H groups in total. The van der Waals surface area contributed by atoms with E-state index in [-0.39, 0.29) is 25.7 Å². The van der Waals surface area contributed by atoms with Gasteiger partial charge < -0.3 is 33.8 Å². The van der Waals surface area contributed by atoms with Crippen molar-refractivity contribution in [2.75, 3.05) is 39.6 Å². The molecule has 0 aliphatic carbocycles. The average molecular weight is 1350 g/mol. The quantitative estimate of drug-likeness (QED) is 0.0222. The zero-order valence-electron chi connectivity index (χ0n) is 59.5. The highest BCUT2D eigenvalue weighted by Crippen LogP contribution is 2.45. The van der Waals surface area contributed by atoms with Crippen LogP contribution < -0.4 is 0 Å². The first-order valence-electron chi connectivity index (χ1n) is 38.3. The van der Waals surface area contributed by atoms with E-state index in [1.807, 2.05) is 0 Å². The monoisotopic (exact) mass is 1350 g/mol. The highest BCUT2D eigenvalue weighted by atomic mass is 31.2. The van der Waals surface area contributed by atoms with E-state index >= 15 is 0 Å². The number of phosphoric ester groups is 2. The molecule has 5 atom stereocenters. The van der Waals surface area contributed by atoms with Gasteiger partial charge in [0.2, 0.25) is 0 Å². The largest absolute Gasteiger partial charge is 0.472 e. The van der Waals surface area contributed by atoms with E-state index in [0.29, 0.717) is 25.7 Å². The van der Waals surface area contributed by atoms with Gasteiger partial charge in [-0.2, -0.15) is 0 Å². The lowest BCUT2D eigenvalue weighted by Gasteiger charge is -2.21. The Morgan fingerprint density at radius 2 is 0.435 bits per heavy atom. The Morgan fingerprint density at radius 1 is 0.261 bits per heavy atom. The highest BCUT2D eigenvalue weighted by molar-refractivity contribution is 7.47. The van der Waals surface area contributed by atoms with Gasteiger partial charge >= 0.3 is 39.5 Å². The summed E-state index contributed by atoms with van der Waals surface area (Å²) in [5, 5.41) is 10.6. The van der Waals surface area contributed by atoms with Crippen molar-refractivity contribution in [1.29, 1.82) is 0 Å². The molecule has 0 radical (unpaired) electrons. The normalized spacial score (nSPS) is 13.9. The summed E-state index contributed by atoms with van der Waals surface area (Å²) in [5.41, 5.74) is 0. The van der Waals surface area contributed by atoms with E-state index in [4.69, 9.17) is 37.0 Å². The average Bonchev–Trinajstić information content (AvgIpc) is 2.14. The van der Waals surface area contributed by atoms with Crippen molar-refractivity contribution < 1.29 is 80.2 Å². The molecule has 19 heteroatoms. The number of hydrogen-bond acceptors (Lipinski definition) is 15. The Kier molecular flexibility index (Phi) is 66.2. The van der Waals surface area contributed by atoms with Crippen LogP contribution in [0.4, 0.5) is 0 Å². The third kappa shape index (κ3) is 66.7. The number of phosphoric acid groups is 2. The second-order valence-corrected chi connectivity index (χ2v) is 29.2. The van der Waals surface area contributed by atoms with E-state index in [2.05, 4.69) is 27.7 Å². The van der Waals surface area contributed by atoms with Gasteiger partial charge in [0.05, 0.1) is 26.4 Å². The van der Waals surface area contributed by atoms with Crippen LogP contribution in [0.1, 0.15) is 387 Å². The van der Waals surface area contributed by atoms with Gasteiger partial charge in [-0.15, -0.1) is 0 Å². The highest BCUT2D eigenvalue weighted by Gasteiger charge is 2.30. The second-order valence-electron chi connectivity index (χ2n) is 26.3. The molecule has 0 fully saturated rings. The van der Waals surface area contributed by atoms with E-state index in [9.17, 15) is 43.2 Å². The Labute approximate surface area is 562 Å². The van der Waals surface area contributed by atoms with Crippen LogP contribution >= 0.6 is 15.6 Å². The molecule has 92 heavy (non-hydrogen) atoms. The molecule has 0 heterocycles. The Bertz CT molecular complexity index is 1760. The molecular weight excluding hydrogens is 1210 g/mol. The summed E-state index contributed by atoms with van der Waals surface area (Å²) >= 11 is 0. The smallest absolute Gasteiger partial charge is 0.462 e. The molecule has 0 aromatic rings. The van der Waals surface area contributed by atoms with E-state index < -0.39 is 97.5 Å². The van der Waals surface area contributed by atoms with Crippen molar-refractivity contribution in [3.8, 4) is 0 Å². The number of unbranched alkanes of at least 4 members (excludes halogenated alkanes) is 48. The maximum atomic E-state index is 13.1. The minimum atomic E-state index is -4.95. The zero-order chi connectivity index (χ0) is 67.5. The molecule has 0 saturated carbocycles. The lowest BCUT2D eigenvalue weighted by Crippen LogP contribution is -2.30. The van der Waals surface area contributed by atoms with Gasteiger partial charge in [0.1, 0.15) is 19.3 Å². The third-order valence-corrected chi connectivity index (χ3v) is 19.0. The minimum absolute atomic E-state index is 0.107. The van der Waals surface area contributed by atoms with Crippen LogP contribution in [-0.4, -0.2) is 96.7 Å². The molecule has 17 nitrogen and oxygen atoms in total. The van der Waals surface area contributed by atoms with Gasteiger partial charge in [-0.1, -0.05) is 336 Å². The maximum absolute atomic E-state index is 13.1. The van der Waals surface area contributed by atoms with Crippen LogP contribution in [0.5, 0.6) is 0 Å². The first-order chi connectivity index (χ1) is 44.7. The Balaban J connectivity index is 5.17. The van der Waals surface area contributed by atoms with Crippen LogP contribution in [-0.2, 0) is 65.4 Å². The molecule has 0 aromatic carbocycles. The molecule has 0 aliphatic rings. The lowest BCUT2D eigenvalue weighted by atomic mass is 10.0.